The first kappa shape index (κ1) is 31.3. The Hall–Kier alpha value is -2.59. The molecule has 0 aromatic heterocycles. The van der Waals surface area contributed by atoms with Crippen LogP contribution in [0.4, 0.5) is 13.2 Å². The molecule has 1 saturated carbocycles. The number of piperidine rings is 1. The van der Waals surface area contributed by atoms with Crippen LogP contribution in [0.25, 0.3) is 0 Å². The van der Waals surface area contributed by atoms with Crippen LogP contribution < -0.4 is 5.32 Å². The number of likely N-dealkylation sites (N-methyl/N-ethyl adjacent to an activating group) is 1. The van der Waals surface area contributed by atoms with Crippen molar-refractivity contribution in [1.29, 1.82) is 0 Å². The monoisotopic (exact) mass is 655 g/mol. The summed E-state index contributed by atoms with van der Waals surface area (Å²) in [6.07, 6.45) is -1.24. The topological polar surface area (TPSA) is 69.7 Å². The van der Waals surface area contributed by atoms with E-state index in [2.05, 4.69) is 21.2 Å². The van der Waals surface area contributed by atoms with Crippen molar-refractivity contribution < 1.29 is 27.6 Å². The van der Waals surface area contributed by atoms with Crippen LogP contribution in [-0.4, -0.2) is 59.7 Å². The lowest BCUT2D eigenvalue weighted by molar-refractivity contribution is -0.139. The molecule has 4 rings (SSSR count). The number of nitrogens with zero attached hydrogens (tertiary/aromatic N) is 2. The molecule has 41 heavy (non-hydrogen) atoms. The molecule has 0 radical (unpaired) electrons. The standard InChI is InChI=1S/C30H34BrClF3N3O3/c1-17-12-20(6-9-26(17)32)25-16-38(29(41)19-4-7-24(8-5-19)36-18(2)39)11-10-27(25)37(3)28(40)21-13-22(30(33,34)35)15-23(31)14-21/h6,9,12-15,19,24-25,27H,4-5,7-8,10-11,16H2,1-3H3,(H,36,39)/t19-,24-,25?,27?. The molecule has 2 aromatic rings. The molecule has 2 fully saturated rings. The Kier molecular flexibility index (Phi) is 9.74. The lowest BCUT2D eigenvalue weighted by atomic mass is 9.81. The van der Waals surface area contributed by atoms with Crippen molar-refractivity contribution in [2.45, 2.75) is 70.1 Å². The molecular weight excluding hydrogens is 623 g/mol. The predicted octanol–water partition coefficient (Wildman–Crippen LogP) is 6.58. The zero-order valence-corrected chi connectivity index (χ0v) is 25.6. The van der Waals surface area contributed by atoms with E-state index < -0.39 is 17.6 Å². The summed E-state index contributed by atoms with van der Waals surface area (Å²) < 4.78 is 40.5. The fourth-order valence-electron chi connectivity index (χ4n) is 6.09. The minimum absolute atomic E-state index is 0.0605. The van der Waals surface area contributed by atoms with Crippen molar-refractivity contribution in [3.8, 4) is 0 Å². The summed E-state index contributed by atoms with van der Waals surface area (Å²) in [7, 11) is 1.61. The SMILES string of the molecule is CC(=O)N[C@H]1CC[C@H](C(=O)N2CCC(N(C)C(=O)c3cc(Br)cc(C(F)(F)F)c3)C(c3ccc(Cl)c(C)c3)C2)CC1. The average molecular weight is 657 g/mol. The number of halogens is 5. The fourth-order valence-corrected chi connectivity index (χ4v) is 6.70. The van der Waals surface area contributed by atoms with Gasteiger partial charge in [-0.3, -0.25) is 14.4 Å². The van der Waals surface area contributed by atoms with Gasteiger partial charge in [0.1, 0.15) is 0 Å². The minimum atomic E-state index is -4.59. The van der Waals surface area contributed by atoms with E-state index in [-0.39, 0.29) is 45.8 Å². The molecule has 2 unspecified atom stereocenters. The van der Waals surface area contributed by atoms with E-state index in [0.717, 1.165) is 36.1 Å². The van der Waals surface area contributed by atoms with Crippen LogP contribution in [0.2, 0.25) is 5.02 Å². The van der Waals surface area contributed by atoms with Gasteiger partial charge in [-0.2, -0.15) is 13.2 Å². The Morgan fingerprint density at radius 1 is 1.05 bits per heavy atom. The van der Waals surface area contributed by atoms with Gasteiger partial charge in [-0.05, 0) is 74.4 Å². The van der Waals surface area contributed by atoms with Crippen molar-refractivity contribution in [2.75, 3.05) is 20.1 Å². The largest absolute Gasteiger partial charge is 0.416 e. The highest BCUT2D eigenvalue weighted by Crippen LogP contribution is 2.36. The molecule has 1 aliphatic heterocycles. The van der Waals surface area contributed by atoms with Gasteiger partial charge in [0.05, 0.1) is 5.56 Å². The summed E-state index contributed by atoms with van der Waals surface area (Å²) in [5.74, 6) is -0.919. The number of aryl methyl sites for hydroxylation is 1. The molecule has 11 heteroatoms. The lowest BCUT2D eigenvalue weighted by Gasteiger charge is -2.44. The van der Waals surface area contributed by atoms with E-state index in [1.165, 1.54) is 17.9 Å². The maximum atomic E-state index is 13.6. The Balaban J connectivity index is 1.57. The third kappa shape index (κ3) is 7.44. The Labute approximate surface area is 251 Å². The summed E-state index contributed by atoms with van der Waals surface area (Å²) in [6, 6.07) is 8.58. The summed E-state index contributed by atoms with van der Waals surface area (Å²) in [4.78, 5) is 41.9. The number of rotatable bonds is 5. The highest BCUT2D eigenvalue weighted by molar-refractivity contribution is 9.10. The van der Waals surface area contributed by atoms with Crippen molar-refractivity contribution in [1.82, 2.24) is 15.1 Å². The molecule has 1 aliphatic carbocycles. The zero-order valence-electron chi connectivity index (χ0n) is 23.2. The number of alkyl halides is 3. The molecule has 1 saturated heterocycles. The Morgan fingerprint density at radius 2 is 1.73 bits per heavy atom. The van der Waals surface area contributed by atoms with E-state index >= 15 is 0 Å². The van der Waals surface area contributed by atoms with Crippen molar-refractivity contribution in [3.63, 3.8) is 0 Å². The smallest absolute Gasteiger partial charge is 0.354 e. The van der Waals surface area contributed by atoms with Gasteiger partial charge < -0.3 is 15.1 Å². The van der Waals surface area contributed by atoms with Gasteiger partial charge in [0.15, 0.2) is 0 Å². The maximum absolute atomic E-state index is 13.6. The fraction of sp³-hybridized carbons (Fsp3) is 0.500. The van der Waals surface area contributed by atoms with Crippen LogP contribution in [0.5, 0.6) is 0 Å². The highest BCUT2D eigenvalue weighted by atomic mass is 79.9. The number of nitrogens with one attached hydrogen (secondary N) is 1. The Bertz CT molecular complexity index is 1310. The third-order valence-corrected chi connectivity index (χ3v) is 9.15. The van der Waals surface area contributed by atoms with Gasteiger partial charge >= 0.3 is 6.18 Å². The third-order valence-electron chi connectivity index (χ3n) is 8.27. The zero-order chi connectivity index (χ0) is 30.1. The maximum Gasteiger partial charge on any atom is 0.416 e. The molecule has 1 N–H and O–H groups in total. The predicted molar refractivity (Wildman–Crippen MR) is 155 cm³/mol. The quantitative estimate of drug-likeness (QED) is 0.395. The van der Waals surface area contributed by atoms with Crippen LogP contribution in [0.3, 0.4) is 0 Å². The molecule has 6 nitrogen and oxygen atoms in total. The number of amides is 3. The molecule has 222 valence electrons. The van der Waals surface area contributed by atoms with Gasteiger partial charge in [-0.25, -0.2) is 0 Å². The van der Waals surface area contributed by atoms with E-state index in [1.54, 1.807) is 13.1 Å². The van der Waals surface area contributed by atoms with Gasteiger partial charge in [-0.1, -0.05) is 39.7 Å². The second kappa shape index (κ2) is 12.7. The van der Waals surface area contributed by atoms with Crippen LogP contribution >= 0.6 is 27.5 Å². The van der Waals surface area contributed by atoms with Gasteiger partial charge in [0.2, 0.25) is 11.8 Å². The first-order chi connectivity index (χ1) is 19.2. The molecule has 2 aromatic carbocycles. The lowest BCUT2D eigenvalue weighted by Crippen LogP contribution is -2.53. The number of likely N-dealkylation sites (tertiary alicyclic amines) is 1. The number of benzene rings is 2. The molecule has 0 spiro atoms. The molecule has 2 atom stereocenters. The van der Waals surface area contributed by atoms with E-state index in [4.69, 9.17) is 11.6 Å². The van der Waals surface area contributed by atoms with Crippen LogP contribution in [-0.2, 0) is 15.8 Å². The molecule has 0 bridgehead atoms. The van der Waals surface area contributed by atoms with Gasteiger partial charge in [-0.15, -0.1) is 0 Å². The van der Waals surface area contributed by atoms with Gasteiger partial charge in [0, 0.05) is 66.0 Å². The van der Waals surface area contributed by atoms with E-state index in [0.29, 0.717) is 37.4 Å². The highest BCUT2D eigenvalue weighted by Gasteiger charge is 2.40. The molecular formula is C30H34BrClF3N3O3. The van der Waals surface area contributed by atoms with Gasteiger partial charge in [0.25, 0.3) is 5.91 Å². The second-order valence-electron chi connectivity index (χ2n) is 11.1. The molecule has 1 heterocycles. The summed E-state index contributed by atoms with van der Waals surface area (Å²) in [6.45, 7) is 4.19. The first-order valence-corrected chi connectivity index (χ1v) is 14.9. The Morgan fingerprint density at radius 3 is 2.34 bits per heavy atom. The number of carbonyl (C=O) groups excluding carboxylic acids is 3. The average Bonchev–Trinajstić information content (AvgIpc) is 2.92. The van der Waals surface area contributed by atoms with Crippen molar-refractivity contribution >= 4 is 45.3 Å². The first-order valence-electron chi connectivity index (χ1n) is 13.7. The minimum Gasteiger partial charge on any atom is -0.354 e. The van der Waals surface area contributed by atoms with Crippen molar-refractivity contribution in [3.05, 3.63) is 68.1 Å². The van der Waals surface area contributed by atoms with Crippen molar-refractivity contribution in [2.24, 2.45) is 5.92 Å². The normalized spacial score (nSPS) is 23.2. The van der Waals surface area contributed by atoms with E-state index in [1.807, 2.05) is 24.0 Å². The number of hydrogen-bond donors (Lipinski definition) is 1. The summed E-state index contributed by atoms with van der Waals surface area (Å²) in [5, 5.41) is 3.54. The summed E-state index contributed by atoms with van der Waals surface area (Å²) in [5.41, 5.74) is 0.809. The number of hydrogen-bond acceptors (Lipinski definition) is 3. The van der Waals surface area contributed by atoms with Crippen LogP contribution in [0.1, 0.15) is 72.0 Å². The number of carbonyl (C=O) groups is 3. The summed E-state index contributed by atoms with van der Waals surface area (Å²) >= 11 is 9.40. The molecule has 3 amide bonds. The second-order valence-corrected chi connectivity index (χ2v) is 12.5. The van der Waals surface area contributed by atoms with Crippen LogP contribution in [0.15, 0.2) is 40.9 Å². The van der Waals surface area contributed by atoms with Crippen LogP contribution in [0, 0.1) is 12.8 Å². The van der Waals surface area contributed by atoms with E-state index in [9.17, 15) is 27.6 Å². The molecule has 2 aliphatic rings.